The van der Waals surface area contributed by atoms with Gasteiger partial charge in [0.1, 0.15) is 5.60 Å². The van der Waals surface area contributed by atoms with Crippen molar-refractivity contribution in [3.05, 3.63) is 70.8 Å². The van der Waals surface area contributed by atoms with E-state index in [1.165, 1.54) is 5.56 Å². The molecule has 3 rings (SSSR count). The van der Waals surface area contributed by atoms with Crippen LogP contribution in [0.25, 0.3) is 0 Å². The lowest BCUT2D eigenvalue weighted by Crippen LogP contribution is -2.40. The lowest BCUT2D eigenvalue weighted by atomic mass is 9.79. The van der Waals surface area contributed by atoms with Crippen LogP contribution in [0, 0.1) is 11.3 Å². The first-order valence-electron chi connectivity index (χ1n) is 7.72. The summed E-state index contributed by atoms with van der Waals surface area (Å²) in [5, 5.41) is 23.1. The van der Waals surface area contributed by atoms with Gasteiger partial charge in [-0.05, 0) is 48.1 Å². The minimum absolute atomic E-state index is 0.546. The predicted octanol–water partition coefficient (Wildman–Crippen LogP) is 2.87. The van der Waals surface area contributed by atoms with Gasteiger partial charge in [0, 0.05) is 13.1 Å². The van der Waals surface area contributed by atoms with Gasteiger partial charge in [0.2, 0.25) is 0 Å². The third kappa shape index (κ3) is 3.04. The van der Waals surface area contributed by atoms with Gasteiger partial charge in [-0.1, -0.05) is 36.4 Å². The molecule has 0 bridgehead atoms. The summed E-state index contributed by atoms with van der Waals surface area (Å²) in [5.74, 6) is 0. The average molecular weight is 292 g/mol. The van der Waals surface area contributed by atoms with Crippen molar-refractivity contribution in [3.63, 3.8) is 0 Å². The van der Waals surface area contributed by atoms with E-state index in [2.05, 4.69) is 17.5 Å². The Hall–Kier alpha value is -2.15. The lowest BCUT2D eigenvalue weighted by molar-refractivity contribution is 0.0189. The maximum atomic E-state index is 11.0. The predicted molar refractivity (Wildman–Crippen MR) is 86.1 cm³/mol. The van der Waals surface area contributed by atoms with Gasteiger partial charge < -0.3 is 10.4 Å². The zero-order valence-electron chi connectivity index (χ0n) is 12.5. The highest BCUT2D eigenvalue weighted by atomic mass is 16.3. The number of hydrogen-bond acceptors (Lipinski definition) is 3. The number of hydrogen-bond donors (Lipinski definition) is 2. The summed E-state index contributed by atoms with van der Waals surface area (Å²) in [6.45, 7) is 1.24. The molecule has 0 spiro atoms. The molecule has 112 valence electrons. The Kier molecular flexibility index (Phi) is 4.24. The van der Waals surface area contributed by atoms with Crippen LogP contribution in [0.2, 0.25) is 0 Å². The van der Waals surface area contributed by atoms with Gasteiger partial charge in [0.25, 0.3) is 0 Å². The maximum absolute atomic E-state index is 11.0. The standard InChI is InChI=1S/C19H20N2O/c20-12-15-7-9-16(10-8-15)13-21-14-19(22)11-3-5-17-4-1-2-6-18(17)19/h1-2,4,6-10,21-22H,3,5,11,13-14H2. The van der Waals surface area contributed by atoms with E-state index in [-0.39, 0.29) is 0 Å². The Morgan fingerprint density at radius 1 is 1.14 bits per heavy atom. The fraction of sp³-hybridized carbons (Fsp3) is 0.316. The van der Waals surface area contributed by atoms with E-state index in [0.29, 0.717) is 18.7 Å². The third-order valence-corrected chi connectivity index (χ3v) is 4.38. The summed E-state index contributed by atoms with van der Waals surface area (Å²) in [4.78, 5) is 0. The highest BCUT2D eigenvalue weighted by Gasteiger charge is 2.33. The van der Waals surface area contributed by atoms with Crippen LogP contribution < -0.4 is 5.32 Å². The number of nitrogens with zero attached hydrogens (tertiary/aromatic N) is 1. The second-order valence-electron chi connectivity index (χ2n) is 5.95. The minimum atomic E-state index is -0.776. The SMILES string of the molecule is N#Cc1ccc(CNCC2(O)CCCc3ccccc32)cc1. The molecule has 3 nitrogen and oxygen atoms in total. The molecule has 1 atom stereocenters. The van der Waals surface area contributed by atoms with Gasteiger partial charge in [-0.2, -0.15) is 5.26 Å². The molecule has 1 aliphatic carbocycles. The molecule has 0 aromatic heterocycles. The summed E-state index contributed by atoms with van der Waals surface area (Å²) >= 11 is 0. The smallest absolute Gasteiger partial charge is 0.102 e. The van der Waals surface area contributed by atoms with Gasteiger partial charge in [0.15, 0.2) is 0 Å². The lowest BCUT2D eigenvalue weighted by Gasteiger charge is -2.34. The van der Waals surface area contributed by atoms with Crippen LogP contribution in [0.15, 0.2) is 48.5 Å². The number of aryl methyl sites for hydroxylation is 1. The number of rotatable bonds is 4. The first kappa shape index (κ1) is 14.8. The van der Waals surface area contributed by atoms with Crippen molar-refractivity contribution < 1.29 is 5.11 Å². The molecule has 0 saturated heterocycles. The maximum Gasteiger partial charge on any atom is 0.102 e. The van der Waals surface area contributed by atoms with E-state index in [9.17, 15) is 5.11 Å². The topological polar surface area (TPSA) is 56.0 Å². The first-order chi connectivity index (χ1) is 10.7. The summed E-state index contributed by atoms with van der Waals surface area (Å²) in [5.41, 5.74) is 3.34. The highest BCUT2D eigenvalue weighted by molar-refractivity contribution is 5.35. The van der Waals surface area contributed by atoms with E-state index in [1.54, 1.807) is 0 Å². The van der Waals surface area contributed by atoms with E-state index >= 15 is 0 Å². The Bertz CT molecular complexity index is 687. The van der Waals surface area contributed by atoms with Crippen molar-refractivity contribution in [1.29, 1.82) is 5.26 Å². The number of benzene rings is 2. The number of nitriles is 1. The number of aliphatic hydroxyl groups is 1. The van der Waals surface area contributed by atoms with Crippen molar-refractivity contribution in [3.8, 4) is 6.07 Å². The molecule has 2 N–H and O–H groups in total. The average Bonchev–Trinajstić information content (AvgIpc) is 2.56. The molecule has 1 aliphatic rings. The van der Waals surface area contributed by atoms with E-state index in [1.807, 2.05) is 42.5 Å². The summed E-state index contributed by atoms with van der Waals surface area (Å²) in [6, 6.07) is 17.8. The monoisotopic (exact) mass is 292 g/mol. The van der Waals surface area contributed by atoms with Crippen molar-refractivity contribution in [2.75, 3.05) is 6.54 Å². The van der Waals surface area contributed by atoms with Gasteiger partial charge >= 0.3 is 0 Å². The summed E-state index contributed by atoms with van der Waals surface area (Å²) in [6.07, 6.45) is 2.87. The van der Waals surface area contributed by atoms with Crippen molar-refractivity contribution >= 4 is 0 Å². The Balaban J connectivity index is 1.65. The van der Waals surface area contributed by atoms with Crippen LogP contribution in [-0.2, 0) is 18.6 Å². The van der Waals surface area contributed by atoms with Crippen LogP contribution >= 0.6 is 0 Å². The highest BCUT2D eigenvalue weighted by Crippen LogP contribution is 2.34. The third-order valence-electron chi connectivity index (χ3n) is 4.38. The van der Waals surface area contributed by atoms with E-state index in [4.69, 9.17) is 5.26 Å². The minimum Gasteiger partial charge on any atom is -0.384 e. The second kappa shape index (κ2) is 6.31. The van der Waals surface area contributed by atoms with Gasteiger partial charge in [-0.3, -0.25) is 0 Å². The van der Waals surface area contributed by atoms with Crippen molar-refractivity contribution in [2.24, 2.45) is 0 Å². The zero-order valence-corrected chi connectivity index (χ0v) is 12.5. The van der Waals surface area contributed by atoms with E-state index in [0.717, 1.165) is 30.4 Å². The van der Waals surface area contributed by atoms with Gasteiger partial charge in [-0.15, -0.1) is 0 Å². The summed E-state index contributed by atoms with van der Waals surface area (Å²) < 4.78 is 0. The molecule has 2 aromatic rings. The molecule has 1 unspecified atom stereocenters. The molecule has 3 heteroatoms. The quantitative estimate of drug-likeness (QED) is 0.911. The Labute approximate surface area is 131 Å². The van der Waals surface area contributed by atoms with Crippen molar-refractivity contribution in [2.45, 2.75) is 31.4 Å². The van der Waals surface area contributed by atoms with Crippen LogP contribution in [0.4, 0.5) is 0 Å². The number of nitrogens with one attached hydrogen (secondary N) is 1. The number of fused-ring (bicyclic) bond motifs is 1. The molecular weight excluding hydrogens is 272 g/mol. The zero-order chi connectivity index (χ0) is 15.4. The largest absolute Gasteiger partial charge is 0.384 e. The van der Waals surface area contributed by atoms with Crippen LogP contribution in [0.3, 0.4) is 0 Å². The Morgan fingerprint density at radius 2 is 1.91 bits per heavy atom. The molecule has 0 aliphatic heterocycles. The van der Waals surface area contributed by atoms with E-state index < -0.39 is 5.60 Å². The summed E-state index contributed by atoms with van der Waals surface area (Å²) in [7, 11) is 0. The molecule has 0 heterocycles. The van der Waals surface area contributed by atoms with Crippen LogP contribution in [0.5, 0.6) is 0 Å². The van der Waals surface area contributed by atoms with Crippen LogP contribution in [-0.4, -0.2) is 11.7 Å². The fourth-order valence-corrected chi connectivity index (χ4v) is 3.19. The second-order valence-corrected chi connectivity index (χ2v) is 5.95. The van der Waals surface area contributed by atoms with Crippen molar-refractivity contribution in [1.82, 2.24) is 5.32 Å². The molecular formula is C19H20N2O. The molecule has 0 radical (unpaired) electrons. The molecule has 2 aromatic carbocycles. The molecule has 0 saturated carbocycles. The fourth-order valence-electron chi connectivity index (χ4n) is 3.19. The molecule has 22 heavy (non-hydrogen) atoms. The van der Waals surface area contributed by atoms with Gasteiger partial charge in [-0.25, -0.2) is 0 Å². The molecule has 0 fully saturated rings. The first-order valence-corrected chi connectivity index (χ1v) is 7.72. The molecule has 0 amide bonds. The normalized spacial score (nSPS) is 20.2. The van der Waals surface area contributed by atoms with Gasteiger partial charge in [0.05, 0.1) is 11.6 Å². The Morgan fingerprint density at radius 3 is 2.68 bits per heavy atom. The van der Waals surface area contributed by atoms with Crippen LogP contribution in [0.1, 0.15) is 35.1 Å².